The molecule has 1 aliphatic rings. The van der Waals surface area contributed by atoms with Crippen LogP contribution in [0.25, 0.3) is 0 Å². The minimum atomic E-state index is -0.491. The summed E-state index contributed by atoms with van der Waals surface area (Å²) in [6.45, 7) is 1.37. The summed E-state index contributed by atoms with van der Waals surface area (Å²) in [6.07, 6.45) is 9.43. The molecule has 0 saturated heterocycles. The summed E-state index contributed by atoms with van der Waals surface area (Å²) >= 11 is 0. The molecule has 0 spiro atoms. The van der Waals surface area contributed by atoms with Gasteiger partial charge in [0, 0.05) is 19.3 Å². The zero-order chi connectivity index (χ0) is 16.7. The highest BCUT2D eigenvalue weighted by atomic mass is 16.5. The minimum Gasteiger partial charge on any atom is -0.339 e. The highest BCUT2D eigenvalue weighted by Crippen LogP contribution is 2.31. The van der Waals surface area contributed by atoms with E-state index in [1.54, 1.807) is 5.48 Å². The van der Waals surface area contributed by atoms with Gasteiger partial charge in [0.2, 0.25) is 23.4 Å². The molecule has 0 aliphatic heterocycles. The second-order valence-electron chi connectivity index (χ2n) is 6.38. The smallest absolute Gasteiger partial charge is 0.244 e. The normalized spacial score (nSPS) is 17.0. The Kier molecular flexibility index (Phi) is 6.70. The number of amides is 1. The van der Waals surface area contributed by atoms with Gasteiger partial charge in [-0.15, -0.1) is 0 Å². The average Bonchev–Trinajstić information content (AvgIpc) is 3.05. The Morgan fingerprint density at radius 1 is 1.35 bits per heavy atom. The molecule has 1 heterocycles. The van der Waals surface area contributed by atoms with E-state index in [0.717, 1.165) is 25.2 Å². The van der Waals surface area contributed by atoms with Crippen molar-refractivity contribution in [2.45, 2.75) is 70.6 Å². The highest BCUT2D eigenvalue weighted by molar-refractivity contribution is 5.89. The molecule has 0 unspecified atom stereocenters. The van der Waals surface area contributed by atoms with Crippen LogP contribution in [0, 0.1) is 5.92 Å². The van der Waals surface area contributed by atoms with Crippen molar-refractivity contribution in [2.24, 2.45) is 5.92 Å². The van der Waals surface area contributed by atoms with E-state index >= 15 is 0 Å². The van der Waals surface area contributed by atoms with Crippen molar-refractivity contribution in [3.8, 4) is 0 Å². The number of rotatable bonds is 8. The summed E-state index contributed by atoms with van der Waals surface area (Å²) in [7, 11) is 0. The van der Waals surface area contributed by atoms with Crippen LogP contribution in [-0.2, 0) is 4.79 Å². The monoisotopic (exact) mass is 323 g/mol. The maximum absolute atomic E-state index is 11.5. The molecule has 1 aromatic heterocycles. The quantitative estimate of drug-likeness (QED) is 0.433. The van der Waals surface area contributed by atoms with E-state index in [1.807, 2.05) is 0 Å². The number of nitrogens with one attached hydrogen (secondary N) is 1. The molecule has 128 valence electrons. The summed E-state index contributed by atoms with van der Waals surface area (Å²) in [5, 5.41) is 12.4. The van der Waals surface area contributed by atoms with Gasteiger partial charge in [0.1, 0.15) is 0 Å². The number of carbonyl (C=O) groups is 2. The Hall–Kier alpha value is -1.76. The van der Waals surface area contributed by atoms with Gasteiger partial charge < -0.3 is 4.52 Å². The Balaban J connectivity index is 1.92. The van der Waals surface area contributed by atoms with Gasteiger partial charge in [-0.2, -0.15) is 4.98 Å². The number of ketones is 1. The highest BCUT2D eigenvalue weighted by Gasteiger charge is 2.24. The van der Waals surface area contributed by atoms with Crippen molar-refractivity contribution in [3.63, 3.8) is 0 Å². The van der Waals surface area contributed by atoms with E-state index in [1.165, 1.54) is 39.0 Å². The lowest BCUT2D eigenvalue weighted by Crippen LogP contribution is -2.21. The Labute approximate surface area is 135 Å². The van der Waals surface area contributed by atoms with Crippen molar-refractivity contribution in [1.29, 1.82) is 0 Å². The van der Waals surface area contributed by atoms with Gasteiger partial charge in [-0.05, 0) is 12.3 Å². The third-order valence-electron chi connectivity index (χ3n) is 4.55. The number of nitrogens with zero attached hydrogens (tertiary/aromatic N) is 2. The topological polar surface area (TPSA) is 105 Å². The number of Topliss-reactive ketones (excluding diaryl/α,β-unsaturated/α-hetero) is 1. The Bertz CT molecular complexity index is 523. The lowest BCUT2D eigenvalue weighted by molar-refractivity contribution is -0.129. The summed E-state index contributed by atoms with van der Waals surface area (Å²) in [5.41, 5.74) is 1.64. The van der Waals surface area contributed by atoms with Gasteiger partial charge in [-0.3, -0.25) is 14.8 Å². The van der Waals surface area contributed by atoms with Crippen molar-refractivity contribution >= 4 is 11.7 Å². The molecule has 1 fully saturated rings. The SMILES string of the molecule is CC(=O)c1noc([C@H](CCCC2CCCCC2)CC(=O)NO)n1. The van der Waals surface area contributed by atoms with E-state index in [4.69, 9.17) is 9.73 Å². The van der Waals surface area contributed by atoms with Crippen LogP contribution < -0.4 is 5.48 Å². The zero-order valence-electron chi connectivity index (χ0n) is 13.6. The number of hydrogen-bond acceptors (Lipinski definition) is 6. The number of hydrogen-bond donors (Lipinski definition) is 2. The summed E-state index contributed by atoms with van der Waals surface area (Å²) in [5.74, 6) is 0.0600. The van der Waals surface area contributed by atoms with Crippen molar-refractivity contribution in [1.82, 2.24) is 15.6 Å². The van der Waals surface area contributed by atoms with E-state index in [-0.39, 0.29) is 23.9 Å². The molecule has 1 aromatic rings. The molecular weight excluding hydrogens is 298 g/mol. The fourth-order valence-electron chi connectivity index (χ4n) is 3.26. The number of hydroxylamine groups is 1. The molecule has 0 aromatic carbocycles. The van der Waals surface area contributed by atoms with Crippen molar-refractivity contribution < 1.29 is 19.3 Å². The maximum atomic E-state index is 11.5. The van der Waals surface area contributed by atoms with Gasteiger partial charge >= 0.3 is 0 Å². The predicted octanol–water partition coefficient (Wildman–Crippen LogP) is 3.00. The summed E-state index contributed by atoms with van der Waals surface area (Å²) in [6, 6.07) is 0. The Morgan fingerprint density at radius 2 is 2.09 bits per heavy atom. The zero-order valence-corrected chi connectivity index (χ0v) is 13.6. The van der Waals surface area contributed by atoms with Crippen molar-refractivity contribution in [2.75, 3.05) is 0 Å². The van der Waals surface area contributed by atoms with Crippen LogP contribution >= 0.6 is 0 Å². The van der Waals surface area contributed by atoms with E-state index < -0.39 is 5.91 Å². The van der Waals surface area contributed by atoms with Crippen LogP contribution in [0.5, 0.6) is 0 Å². The van der Waals surface area contributed by atoms with Crippen LogP contribution in [0.15, 0.2) is 4.52 Å². The molecule has 23 heavy (non-hydrogen) atoms. The first-order valence-corrected chi connectivity index (χ1v) is 8.37. The summed E-state index contributed by atoms with van der Waals surface area (Å²) in [4.78, 5) is 26.8. The fraction of sp³-hybridized carbons (Fsp3) is 0.750. The molecule has 0 radical (unpaired) electrons. The Morgan fingerprint density at radius 3 is 2.70 bits per heavy atom. The molecule has 1 atom stereocenters. The predicted molar refractivity (Wildman–Crippen MR) is 82.0 cm³/mol. The van der Waals surface area contributed by atoms with Gasteiger partial charge in [0.25, 0.3) is 0 Å². The second kappa shape index (κ2) is 8.76. The molecule has 1 saturated carbocycles. The van der Waals surface area contributed by atoms with Gasteiger partial charge in [-0.1, -0.05) is 50.1 Å². The first-order valence-electron chi connectivity index (χ1n) is 8.37. The van der Waals surface area contributed by atoms with E-state index in [2.05, 4.69) is 10.1 Å². The number of aromatic nitrogens is 2. The summed E-state index contributed by atoms with van der Waals surface area (Å²) < 4.78 is 5.13. The van der Waals surface area contributed by atoms with Crippen LogP contribution in [0.3, 0.4) is 0 Å². The van der Waals surface area contributed by atoms with Crippen LogP contribution in [0.1, 0.15) is 87.1 Å². The number of carbonyl (C=O) groups excluding carboxylic acids is 2. The van der Waals surface area contributed by atoms with Crippen LogP contribution in [-0.4, -0.2) is 27.0 Å². The second-order valence-corrected chi connectivity index (χ2v) is 6.38. The third kappa shape index (κ3) is 5.42. The molecule has 7 heteroatoms. The standard InChI is InChI=1S/C16H25N3O4/c1-11(20)15-17-16(23-19-15)13(10-14(21)18-22)9-5-8-12-6-3-2-4-7-12/h12-13,22H,2-10H2,1H3,(H,18,21)/t13-/m1/s1. The molecule has 2 N–H and O–H groups in total. The minimum absolute atomic E-state index is 0.0293. The lowest BCUT2D eigenvalue weighted by Gasteiger charge is -2.22. The largest absolute Gasteiger partial charge is 0.339 e. The molecule has 0 bridgehead atoms. The van der Waals surface area contributed by atoms with Crippen LogP contribution in [0.2, 0.25) is 0 Å². The third-order valence-corrected chi connectivity index (χ3v) is 4.55. The van der Waals surface area contributed by atoms with E-state index in [0.29, 0.717) is 5.89 Å². The molecule has 1 aliphatic carbocycles. The van der Waals surface area contributed by atoms with E-state index in [9.17, 15) is 9.59 Å². The molecule has 7 nitrogen and oxygen atoms in total. The van der Waals surface area contributed by atoms with Gasteiger partial charge in [0.15, 0.2) is 0 Å². The van der Waals surface area contributed by atoms with Crippen LogP contribution in [0.4, 0.5) is 0 Å². The average molecular weight is 323 g/mol. The van der Waals surface area contributed by atoms with Gasteiger partial charge in [-0.25, -0.2) is 5.48 Å². The maximum Gasteiger partial charge on any atom is 0.244 e. The molecule has 1 amide bonds. The van der Waals surface area contributed by atoms with Gasteiger partial charge in [0.05, 0.1) is 0 Å². The van der Waals surface area contributed by atoms with Crippen molar-refractivity contribution in [3.05, 3.63) is 11.7 Å². The molecule has 2 rings (SSSR count). The lowest BCUT2D eigenvalue weighted by atomic mass is 9.84. The molecular formula is C16H25N3O4. The fourth-order valence-corrected chi connectivity index (χ4v) is 3.26. The first kappa shape index (κ1) is 17.6. The first-order chi connectivity index (χ1) is 11.1.